The summed E-state index contributed by atoms with van der Waals surface area (Å²) in [6.07, 6.45) is 3.20. The molecule has 2 N–H and O–H groups in total. The van der Waals surface area contributed by atoms with Crippen molar-refractivity contribution >= 4 is 10.9 Å². The van der Waals surface area contributed by atoms with E-state index < -0.39 is 0 Å². The molecule has 96 valence electrons. The van der Waals surface area contributed by atoms with Gasteiger partial charge in [0.25, 0.3) is 0 Å². The minimum atomic E-state index is 0.361. The molecule has 0 aliphatic carbocycles. The molecule has 0 spiro atoms. The first-order valence-electron chi connectivity index (χ1n) is 6.60. The summed E-state index contributed by atoms with van der Waals surface area (Å²) < 4.78 is 5.25. The average Bonchev–Trinajstić information content (AvgIpc) is 2.76. The number of rotatable bonds is 5. The van der Waals surface area contributed by atoms with Crippen molar-refractivity contribution in [1.29, 1.82) is 0 Å². The molecule has 0 amide bonds. The first-order chi connectivity index (χ1) is 8.77. The van der Waals surface area contributed by atoms with Crippen LogP contribution in [-0.4, -0.2) is 31.3 Å². The van der Waals surface area contributed by atoms with Gasteiger partial charge in [-0.15, -0.1) is 0 Å². The van der Waals surface area contributed by atoms with Crippen molar-refractivity contribution in [3.8, 4) is 0 Å². The van der Waals surface area contributed by atoms with E-state index in [0.717, 1.165) is 32.7 Å². The number of hydrogen-bond donors (Lipinski definition) is 2. The molecule has 1 fully saturated rings. The van der Waals surface area contributed by atoms with Gasteiger partial charge < -0.3 is 15.0 Å². The highest BCUT2D eigenvalue weighted by atomic mass is 16.5. The predicted molar refractivity (Wildman–Crippen MR) is 73.8 cm³/mol. The van der Waals surface area contributed by atoms with E-state index >= 15 is 0 Å². The van der Waals surface area contributed by atoms with Crippen LogP contribution in [0.3, 0.4) is 0 Å². The van der Waals surface area contributed by atoms with Crippen LogP contribution in [0.25, 0.3) is 10.9 Å². The Morgan fingerprint density at radius 1 is 1.33 bits per heavy atom. The molecule has 0 saturated carbocycles. The molecule has 2 aromatic rings. The smallest absolute Gasteiger partial charge is 0.0554 e. The minimum absolute atomic E-state index is 0.361. The Balaban J connectivity index is 1.53. The molecule has 18 heavy (non-hydrogen) atoms. The van der Waals surface area contributed by atoms with E-state index in [9.17, 15) is 0 Å². The lowest BCUT2D eigenvalue weighted by Crippen LogP contribution is -2.47. The predicted octanol–water partition coefficient (Wildman–Crippen LogP) is 2.34. The van der Waals surface area contributed by atoms with E-state index in [4.69, 9.17) is 4.74 Å². The third kappa shape index (κ3) is 2.28. The van der Waals surface area contributed by atoms with Crippen molar-refractivity contribution in [3.05, 3.63) is 36.0 Å². The Kier molecular flexibility index (Phi) is 3.10. The van der Waals surface area contributed by atoms with Gasteiger partial charge in [-0.1, -0.05) is 25.1 Å². The molecule has 1 aromatic heterocycles. The number of aromatic amines is 1. The number of benzene rings is 1. The second-order valence-corrected chi connectivity index (χ2v) is 5.59. The Hall–Kier alpha value is -1.32. The van der Waals surface area contributed by atoms with Crippen molar-refractivity contribution in [2.75, 3.05) is 26.3 Å². The van der Waals surface area contributed by atoms with Gasteiger partial charge in [0.1, 0.15) is 0 Å². The maximum absolute atomic E-state index is 5.25. The molecular weight excluding hydrogens is 224 g/mol. The Morgan fingerprint density at radius 3 is 2.94 bits per heavy atom. The van der Waals surface area contributed by atoms with Crippen molar-refractivity contribution in [2.45, 2.75) is 13.3 Å². The lowest BCUT2D eigenvalue weighted by atomic mass is 9.89. The molecule has 0 radical (unpaired) electrons. The monoisotopic (exact) mass is 244 g/mol. The first-order valence-corrected chi connectivity index (χ1v) is 6.60. The summed E-state index contributed by atoms with van der Waals surface area (Å²) in [6, 6.07) is 8.47. The second-order valence-electron chi connectivity index (χ2n) is 5.59. The van der Waals surface area contributed by atoms with Gasteiger partial charge in [-0.05, 0) is 24.6 Å². The normalized spacial score (nSPS) is 17.8. The van der Waals surface area contributed by atoms with Gasteiger partial charge in [-0.3, -0.25) is 0 Å². The quantitative estimate of drug-likeness (QED) is 0.792. The molecule has 1 saturated heterocycles. The maximum atomic E-state index is 5.25. The van der Waals surface area contributed by atoms with Gasteiger partial charge in [0, 0.05) is 29.1 Å². The van der Waals surface area contributed by atoms with Crippen LogP contribution in [0.2, 0.25) is 0 Å². The van der Waals surface area contributed by atoms with Crippen LogP contribution in [-0.2, 0) is 11.2 Å². The number of H-pyrrole nitrogens is 1. The number of aromatic nitrogens is 1. The largest absolute Gasteiger partial charge is 0.380 e. The zero-order valence-corrected chi connectivity index (χ0v) is 10.8. The van der Waals surface area contributed by atoms with Crippen LogP contribution in [0, 0.1) is 5.41 Å². The standard InChI is InChI=1S/C15H20N2O/c1-15(10-18-11-15)9-16-7-6-12-8-17-14-5-3-2-4-13(12)14/h2-5,8,16-17H,6-7,9-11H2,1H3. The molecule has 0 unspecified atom stereocenters. The molecule has 1 aliphatic rings. The highest BCUT2D eigenvalue weighted by Gasteiger charge is 2.32. The molecule has 1 aromatic carbocycles. The van der Waals surface area contributed by atoms with Crippen LogP contribution in [0.15, 0.2) is 30.5 Å². The Labute approximate surface area is 108 Å². The molecule has 0 atom stereocenters. The first kappa shape index (κ1) is 11.8. The highest BCUT2D eigenvalue weighted by molar-refractivity contribution is 5.83. The van der Waals surface area contributed by atoms with E-state index in [0.29, 0.717) is 5.41 Å². The summed E-state index contributed by atoms with van der Waals surface area (Å²) >= 11 is 0. The van der Waals surface area contributed by atoms with Gasteiger partial charge in [-0.2, -0.15) is 0 Å². The molecule has 2 heterocycles. The van der Waals surface area contributed by atoms with Crippen LogP contribution < -0.4 is 5.32 Å². The Morgan fingerprint density at radius 2 is 2.17 bits per heavy atom. The number of fused-ring (bicyclic) bond motifs is 1. The molecule has 3 rings (SSSR count). The van der Waals surface area contributed by atoms with Gasteiger partial charge in [0.2, 0.25) is 0 Å². The van der Waals surface area contributed by atoms with Crippen molar-refractivity contribution < 1.29 is 4.74 Å². The lowest BCUT2D eigenvalue weighted by molar-refractivity contribution is -0.0988. The summed E-state index contributed by atoms with van der Waals surface area (Å²) in [5, 5.41) is 4.88. The average molecular weight is 244 g/mol. The second kappa shape index (κ2) is 4.75. The SMILES string of the molecule is CC1(CNCCc2c[nH]c3ccccc23)COC1. The fourth-order valence-electron chi connectivity index (χ4n) is 2.50. The van der Waals surface area contributed by atoms with Crippen LogP contribution >= 0.6 is 0 Å². The van der Waals surface area contributed by atoms with E-state index in [1.54, 1.807) is 0 Å². The number of para-hydroxylation sites is 1. The van der Waals surface area contributed by atoms with Crippen molar-refractivity contribution in [2.24, 2.45) is 5.41 Å². The van der Waals surface area contributed by atoms with E-state index in [-0.39, 0.29) is 0 Å². The minimum Gasteiger partial charge on any atom is -0.380 e. The number of nitrogens with one attached hydrogen (secondary N) is 2. The summed E-state index contributed by atoms with van der Waals surface area (Å²) in [6.45, 7) is 6.14. The number of ether oxygens (including phenoxy) is 1. The lowest BCUT2D eigenvalue weighted by Gasteiger charge is -2.38. The van der Waals surface area contributed by atoms with E-state index in [2.05, 4.69) is 47.7 Å². The summed E-state index contributed by atoms with van der Waals surface area (Å²) in [7, 11) is 0. The van der Waals surface area contributed by atoms with Gasteiger partial charge in [-0.25, -0.2) is 0 Å². The zero-order chi connectivity index (χ0) is 12.4. The summed E-state index contributed by atoms with van der Waals surface area (Å²) in [5.74, 6) is 0. The third-order valence-electron chi connectivity index (χ3n) is 3.70. The van der Waals surface area contributed by atoms with Crippen molar-refractivity contribution in [1.82, 2.24) is 10.3 Å². The third-order valence-corrected chi connectivity index (χ3v) is 3.70. The highest BCUT2D eigenvalue weighted by Crippen LogP contribution is 2.25. The van der Waals surface area contributed by atoms with Gasteiger partial charge in [0.05, 0.1) is 13.2 Å². The van der Waals surface area contributed by atoms with E-state index in [1.165, 1.54) is 16.5 Å². The summed E-state index contributed by atoms with van der Waals surface area (Å²) in [5.41, 5.74) is 2.99. The fourth-order valence-corrected chi connectivity index (χ4v) is 2.50. The molecule has 0 bridgehead atoms. The molecule has 1 aliphatic heterocycles. The number of hydrogen-bond acceptors (Lipinski definition) is 2. The van der Waals surface area contributed by atoms with Gasteiger partial charge >= 0.3 is 0 Å². The summed E-state index contributed by atoms with van der Waals surface area (Å²) in [4.78, 5) is 3.32. The molecule has 3 heteroatoms. The zero-order valence-electron chi connectivity index (χ0n) is 10.8. The van der Waals surface area contributed by atoms with Crippen LogP contribution in [0.4, 0.5) is 0 Å². The van der Waals surface area contributed by atoms with Crippen LogP contribution in [0.5, 0.6) is 0 Å². The topological polar surface area (TPSA) is 37.0 Å². The molecule has 3 nitrogen and oxygen atoms in total. The molecular formula is C15H20N2O. The van der Waals surface area contributed by atoms with Gasteiger partial charge in [0.15, 0.2) is 0 Å². The van der Waals surface area contributed by atoms with Crippen LogP contribution in [0.1, 0.15) is 12.5 Å². The Bertz CT molecular complexity index is 528. The fraction of sp³-hybridized carbons (Fsp3) is 0.467. The maximum Gasteiger partial charge on any atom is 0.0554 e. The van der Waals surface area contributed by atoms with Crippen molar-refractivity contribution in [3.63, 3.8) is 0 Å². The van der Waals surface area contributed by atoms with E-state index in [1.807, 2.05) is 0 Å².